The lowest BCUT2D eigenvalue weighted by Gasteiger charge is -2.25. The average Bonchev–Trinajstić information content (AvgIpc) is 3.11. The molecular weight excluding hydrogens is 225 g/mol. The van der Waals surface area contributed by atoms with Gasteiger partial charge in [0.15, 0.2) is 23.1 Å². The second-order valence-electron chi connectivity index (χ2n) is 4.59. The minimum absolute atomic E-state index is 0.350. The molecule has 0 aromatic heterocycles. The Balaban J connectivity index is 2.21. The number of phenols is 1. The predicted molar refractivity (Wildman–Crippen MR) is 59.0 cm³/mol. The molecule has 1 saturated carbocycles. The zero-order valence-corrected chi connectivity index (χ0v) is 9.33. The first-order valence-electron chi connectivity index (χ1n) is 5.69. The molecule has 2 aliphatic rings. The molecule has 1 heterocycles. The SMILES string of the molecule is NCC1(c2c(F)c(O)cc3c2OCCO3)CC1. The first kappa shape index (κ1) is 10.7. The molecule has 0 unspecified atom stereocenters. The fourth-order valence-electron chi connectivity index (χ4n) is 2.33. The highest BCUT2D eigenvalue weighted by Gasteiger charge is 2.48. The van der Waals surface area contributed by atoms with E-state index in [4.69, 9.17) is 15.2 Å². The fraction of sp³-hybridized carbons (Fsp3) is 0.500. The zero-order chi connectivity index (χ0) is 12.0. The maximum absolute atomic E-state index is 14.1. The van der Waals surface area contributed by atoms with E-state index in [-0.39, 0.29) is 5.41 Å². The van der Waals surface area contributed by atoms with Crippen LogP contribution in [-0.2, 0) is 5.41 Å². The van der Waals surface area contributed by atoms with Gasteiger partial charge in [-0.15, -0.1) is 0 Å². The minimum atomic E-state index is -0.628. The number of rotatable bonds is 2. The van der Waals surface area contributed by atoms with Crippen LogP contribution in [0.15, 0.2) is 6.07 Å². The van der Waals surface area contributed by atoms with Crippen LogP contribution in [0.5, 0.6) is 17.2 Å². The molecule has 5 heteroatoms. The van der Waals surface area contributed by atoms with Gasteiger partial charge in [0.1, 0.15) is 13.2 Å². The van der Waals surface area contributed by atoms with Crippen LogP contribution < -0.4 is 15.2 Å². The van der Waals surface area contributed by atoms with Crippen molar-refractivity contribution < 1.29 is 19.0 Å². The van der Waals surface area contributed by atoms with Gasteiger partial charge in [-0.1, -0.05) is 0 Å². The number of fused-ring (bicyclic) bond motifs is 1. The Bertz CT molecular complexity index is 471. The van der Waals surface area contributed by atoms with E-state index in [1.807, 2.05) is 0 Å². The highest BCUT2D eigenvalue weighted by atomic mass is 19.1. The van der Waals surface area contributed by atoms with E-state index in [0.717, 1.165) is 12.8 Å². The van der Waals surface area contributed by atoms with Crippen molar-refractivity contribution in [1.29, 1.82) is 0 Å². The number of benzene rings is 1. The summed E-state index contributed by atoms with van der Waals surface area (Å²) in [5, 5.41) is 9.59. The van der Waals surface area contributed by atoms with Crippen molar-refractivity contribution in [3.05, 3.63) is 17.4 Å². The third kappa shape index (κ3) is 1.45. The summed E-state index contributed by atoms with van der Waals surface area (Å²) in [5.41, 5.74) is 5.71. The smallest absolute Gasteiger partial charge is 0.172 e. The third-order valence-corrected chi connectivity index (χ3v) is 3.52. The number of ether oxygens (including phenoxy) is 2. The lowest BCUT2D eigenvalue weighted by molar-refractivity contribution is 0.166. The second kappa shape index (κ2) is 3.50. The maximum atomic E-state index is 14.1. The Labute approximate surface area is 98.1 Å². The lowest BCUT2D eigenvalue weighted by Crippen LogP contribution is -2.25. The number of aromatic hydroxyl groups is 1. The quantitative estimate of drug-likeness (QED) is 0.816. The molecule has 1 fully saturated rings. The summed E-state index contributed by atoms with van der Waals surface area (Å²) < 4.78 is 24.9. The molecule has 0 saturated heterocycles. The minimum Gasteiger partial charge on any atom is -0.505 e. The van der Waals surface area contributed by atoms with E-state index in [9.17, 15) is 9.50 Å². The molecule has 1 aliphatic heterocycles. The average molecular weight is 239 g/mol. The Morgan fingerprint density at radius 2 is 2.06 bits per heavy atom. The van der Waals surface area contributed by atoms with Gasteiger partial charge in [-0.2, -0.15) is 0 Å². The lowest BCUT2D eigenvalue weighted by atomic mass is 9.93. The van der Waals surface area contributed by atoms with Crippen LogP contribution >= 0.6 is 0 Å². The number of nitrogens with two attached hydrogens (primary N) is 1. The molecular formula is C12H14FNO3. The Kier molecular flexibility index (Phi) is 2.19. The number of halogens is 1. The van der Waals surface area contributed by atoms with Crippen LogP contribution in [0.2, 0.25) is 0 Å². The topological polar surface area (TPSA) is 64.7 Å². The van der Waals surface area contributed by atoms with Crippen LogP contribution in [0.1, 0.15) is 18.4 Å². The molecule has 0 bridgehead atoms. The Morgan fingerprint density at radius 3 is 2.71 bits per heavy atom. The van der Waals surface area contributed by atoms with Crippen molar-refractivity contribution in [3.8, 4) is 17.2 Å². The van der Waals surface area contributed by atoms with Crippen LogP contribution in [0.25, 0.3) is 0 Å². The largest absolute Gasteiger partial charge is 0.505 e. The molecule has 4 nitrogen and oxygen atoms in total. The van der Waals surface area contributed by atoms with Crippen molar-refractivity contribution in [1.82, 2.24) is 0 Å². The molecule has 0 radical (unpaired) electrons. The molecule has 0 amide bonds. The van der Waals surface area contributed by atoms with E-state index in [0.29, 0.717) is 36.8 Å². The van der Waals surface area contributed by atoms with E-state index in [1.54, 1.807) is 0 Å². The van der Waals surface area contributed by atoms with Gasteiger partial charge < -0.3 is 20.3 Å². The van der Waals surface area contributed by atoms with Crippen molar-refractivity contribution >= 4 is 0 Å². The van der Waals surface area contributed by atoms with Crippen molar-refractivity contribution in [2.24, 2.45) is 5.73 Å². The van der Waals surface area contributed by atoms with Gasteiger partial charge in [0.05, 0.1) is 0 Å². The Hall–Kier alpha value is -1.49. The normalized spacial score (nSPS) is 20.1. The summed E-state index contributed by atoms with van der Waals surface area (Å²) in [4.78, 5) is 0. The molecule has 1 aromatic rings. The van der Waals surface area contributed by atoms with E-state index < -0.39 is 11.6 Å². The van der Waals surface area contributed by atoms with Gasteiger partial charge in [0.2, 0.25) is 0 Å². The zero-order valence-electron chi connectivity index (χ0n) is 9.33. The van der Waals surface area contributed by atoms with Gasteiger partial charge in [0, 0.05) is 23.6 Å². The van der Waals surface area contributed by atoms with E-state index in [2.05, 4.69) is 0 Å². The molecule has 3 N–H and O–H groups in total. The summed E-state index contributed by atoms with van der Waals surface area (Å²) in [7, 11) is 0. The molecule has 0 atom stereocenters. The number of hydrogen-bond acceptors (Lipinski definition) is 4. The van der Waals surface area contributed by atoms with Gasteiger partial charge in [0.25, 0.3) is 0 Å². The first-order chi connectivity index (χ1) is 8.18. The fourth-order valence-corrected chi connectivity index (χ4v) is 2.33. The Morgan fingerprint density at radius 1 is 1.35 bits per heavy atom. The highest BCUT2D eigenvalue weighted by Crippen LogP contribution is 2.55. The van der Waals surface area contributed by atoms with Gasteiger partial charge in [-0.3, -0.25) is 0 Å². The third-order valence-electron chi connectivity index (χ3n) is 3.52. The predicted octanol–water partition coefficient (Wildman–Crippen LogP) is 1.29. The van der Waals surface area contributed by atoms with E-state index in [1.165, 1.54) is 6.07 Å². The maximum Gasteiger partial charge on any atom is 0.172 e. The summed E-state index contributed by atoms with van der Waals surface area (Å²) in [5.74, 6) is -0.208. The van der Waals surface area contributed by atoms with Crippen LogP contribution in [0, 0.1) is 5.82 Å². The number of hydrogen-bond donors (Lipinski definition) is 2. The molecule has 92 valence electrons. The van der Waals surface area contributed by atoms with Crippen LogP contribution in [0.4, 0.5) is 4.39 Å². The standard InChI is InChI=1S/C12H14FNO3/c13-10-7(15)5-8-11(17-4-3-16-8)9(10)12(6-14)1-2-12/h5,15H,1-4,6,14H2. The summed E-state index contributed by atoms with van der Waals surface area (Å²) in [6, 6.07) is 1.26. The summed E-state index contributed by atoms with van der Waals surface area (Å²) in [6.45, 7) is 1.15. The van der Waals surface area contributed by atoms with Crippen molar-refractivity contribution in [3.63, 3.8) is 0 Å². The molecule has 0 spiro atoms. The molecule has 1 aromatic carbocycles. The van der Waals surface area contributed by atoms with Gasteiger partial charge >= 0.3 is 0 Å². The van der Waals surface area contributed by atoms with Gasteiger partial charge in [-0.25, -0.2) is 4.39 Å². The van der Waals surface area contributed by atoms with Crippen molar-refractivity contribution in [2.75, 3.05) is 19.8 Å². The van der Waals surface area contributed by atoms with Crippen molar-refractivity contribution in [2.45, 2.75) is 18.3 Å². The second-order valence-corrected chi connectivity index (χ2v) is 4.59. The van der Waals surface area contributed by atoms with Gasteiger partial charge in [-0.05, 0) is 12.8 Å². The molecule has 1 aliphatic carbocycles. The molecule has 3 rings (SSSR count). The monoisotopic (exact) mass is 239 g/mol. The number of phenolic OH excluding ortho intramolecular Hbond substituents is 1. The van der Waals surface area contributed by atoms with Crippen LogP contribution in [0.3, 0.4) is 0 Å². The first-order valence-corrected chi connectivity index (χ1v) is 5.69. The summed E-state index contributed by atoms with van der Waals surface area (Å²) in [6.07, 6.45) is 1.64. The van der Waals surface area contributed by atoms with Crippen LogP contribution in [-0.4, -0.2) is 24.9 Å². The summed E-state index contributed by atoms with van der Waals surface area (Å²) >= 11 is 0. The van der Waals surface area contributed by atoms with E-state index >= 15 is 0 Å². The highest BCUT2D eigenvalue weighted by molar-refractivity contribution is 5.57. The molecule has 17 heavy (non-hydrogen) atoms.